The second-order valence-electron chi connectivity index (χ2n) is 5.95. The second-order valence-corrected chi connectivity index (χ2v) is 7.89. The molecule has 0 saturated carbocycles. The van der Waals surface area contributed by atoms with Crippen molar-refractivity contribution in [3.8, 4) is 11.4 Å². The van der Waals surface area contributed by atoms with Crippen molar-refractivity contribution in [2.24, 2.45) is 7.05 Å². The van der Waals surface area contributed by atoms with Crippen LogP contribution in [0.2, 0.25) is 0 Å². The highest BCUT2D eigenvalue weighted by Gasteiger charge is 2.13. The molecule has 4 aromatic rings. The van der Waals surface area contributed by atoms with Crippen molar-refractivity contribution in [2.75, 3.05) is 0 Å². The molecule has 0 unspecified atom stereocenters. The van der Waals surface area contributed by atoms with Gasteiger partial charge in [-0.2, -0.15) is 0 Å². The summed E-state index contributed by atoms with van der Waals surface area (Å²) < 4.78 is 2.09. The fourth-order valence-electron chi connectivity index (χ4n) is 2.94. The van der Waals surface area contributed by atoms with Gasteiger partial charge in [-0.25, -0.2) is 0 Å². The number of aromatic nitrogens is 3. The Kier molecular flexibility index (Phi) is 4.59. The third kappa shape index (κ3) is 3.22. The highest BCUT2D eigenvalue weighted by Crippen LogP contribution is 2.30. The van der Waals surface area contributed by atoms with Crippen LogP contribution in [0.15, 0.2) is 59.1 Å². The third-order valence-electron chi connectivity index (χ3n) is 4.33. The van der Waals surface area contributed by atoms with E-state index >= 15 is 0 Å². The molecule has 2 aromatic carbocycles. The summed E-state index contributed by atoms with van der Waals surface area (Å²) >= 11 is 3.52. The van der Waals surface area contributed by atoms with Crippen LogP contribution in [0.3, 0.4) is 0 Å². The van der Waals surface area contributed by atoms with Gasteiger partial charge in [0.2, 0.25) is 0 Å². The molecule has 0 N–H and O–H groups in total. The molecule has 5 heteroatoms. The van der Waals surface area contributed by atoms with E-state index < -0.39 is 0 Å². The highest BCUT2D eigenvalue weighted by molar-refractivity contribution is 7.98. The van der Waals surface area contributed by atoms with E-state index in [0.29, 0.717) is 0 Å². The lowest BCUT2D eigenvalue weighted by Gasteiger charge is -2.06. The van der Waals surface area contributed by atoms with Crippen LogP contribution in [0.4, 0.5) is 0 Å². The molecule has 3 nitrogen and oxygen atoms in total. The van der Waals surface area contributed by atoms with Gasteiger partial charge in [-0.15, -0.1) is 21.5 Å². The molecule has 2 aromatic heterocycles. The molecule has 25 heavy (non-hydrogen) atoms. The predicted molar refractivity (Wildman–Crippen MR) is 107 cm³/mol. The molecule has 0 aliphatic heterocycles. The number of nitrogens with zero attached hydrogens (tertiary/aromatic N) is 3. The van der Waals surface area contributed by atoms with Crippen LogP contribution in [-0.2, 0) is 19.2 Å². The van der Waals surface area contributed by atoms with E-state index in [4.69, 9.17) is 0 Å². The molecule has 0 saturated heterocycles. The van der Waals surface area contributed by atoms with E-state index in [2.05, 4.69) is 75.6 Å². The first kappa shape index (κ1) is 16.4. The Morgan fingerprint density at radius 1 is 1.08 bits per heavy atom. The van der Waals surface area contributed by atoms with Crippen LogP contribution in [0.1, 0.15) is 17.4 Å². The van der Waals surface area contributed by atoms with Crippen LogP contribution in [-0.4, -0.2) is 14.8 Å². The van der Waals surface area contributed by atoms with Gasteiger partial charge in [0.05, 0.1) is 0 Å². The van der Waals surface area contributed by atoms with Gasteiger partial charge in [0.15, 0.2) is 11.0 Å². The third-order valence-corrected chi connectivity index (χ3v) is 6.48. The number of hydrogen-bond donors (Lipinski definition) is 0. The molecule has 4 rings (SSSR count). The molecule has 0 radical (unpaired) electrons. The molecule has 2 heterocycles. The molecule has 0 aliphatic rings. The normalized spacial score (nSPS) is 11.3. The first-order valence-electron chi connectivity index (χ1n) is 8.33. The van der Waals surface area contributed by atoms with Crippen LogP contribution in [0, 0.1) is 0 Å². The number of thioether (sulfide) groups is 1. The zero-order valence-electron chi connectivity index (χ0n) is 14.3. The Morgan fingerprint density at radius 2 is 1.92 bits per heavy atom. The van der Waals surface area contributed by atoms with Gasteiger partial charge in [-0.1, -0.05) is 61.2 Å². The summed E-state index contributed by atoms with van der Waals surface area (Å²) in [5.41, 5.74) is 2.49. The SMILES string of the molecule is CCc1cc(-c2nnc(SCc3cccc4ccccc34)n2C)cs1. The topological polar surface area (TPSA) is 30.7 Å². The number of aryl methyl sites for hydroxylation is 1. The zero-order chi connectivity index (χ0) is 17.2. The van der Waals surface area contributed by atoms with Crippen molar-refractivity contribution in [1.29, 1.82) is 0 Å². The van der Waals surface area contributed by atoms with E-state index in [-0.39, 0.29) is 0 Å². The van der Waals surface area contributed by atoms with E-state index in [1.807, 2.05) is 7.05 Å². The van der Waals surface area contributed by atoms with Gasteiger partial charge in [0.1, 0.15) is 0 Å². The van der Waals surface area contributed by atoms with E-state index in [1.54, 1.807) is 23.1 Å². The number of hydrogen-bond acceptors (Lipinski definition) is 4. The lowest BCUT2D eigenvalue weighted by atomic mass is 10.1. The minimum Gasteiger partial charge on any atom is -0.305 e. The zero-order valence-corrected chi connectivity index (χ0v) is 15.9. The Balaban J connectivity index is 1.57. The average Bonchev–Trinajstić information content (AvgIpc) is 3.26. The van der Waals surface area contributed by atoms with E-state index in [0.717, 1.165) is 28.7 Å². The number of thiophene rings is 1. The molecule has 0 amide bonds. The van der Waals surface area contributed by atoms with Crippen LogP contribution >= 0.6 is 23.1 Å². The number of fused-ring (bicyclic) bond motifs is 1. The minimum absolute atomic E-state index is 0.886. The van der Waals surface area contributed by atoms with Gasteiger partial charge in [-0.3, -0.25) is 0 Å². The van der Waals surface area contributed by atoms with Crippen molar-refractivity contribution >= 4 is 33.9 Å². The average molecular weight is 366 g/mol. The maximum Gasteiger partial charge on any atom is 0.191 e. The Bertz CT molecular complexity index is 1010. The molecule has 0 fully saturated rings. The smallest absolute Gasteiger partial charge is 0.191 e. The summed E-state index contributed by atoms with van der Waals surface area (Å²) in [6.45, 7) is 2.18. The molecule has 126 valence electrons. The molecule has 0 spiro atoms. The fraction of sp³-hybridized carbons (Fsp3) is 0.200. The Morgan fingerprint density at radius 3 is 2.76 bits per heavy atom. The van der Waals surface area contributed by atoms with Crippen LogP contribution in [0.5, 0.6) is 0 Å². The van der Waals surface area contributed by atoms with Gasteiger partial charge < -0.3 is 4.57 Å². The fourth-order valence-corrected chi connectivity index (χ4v) is 4.66. The van der Waals surface area contributed by atoms with Crippen molar-refractivity contribution in [3.63, 3.8) is 0 Å². The lowest BCUT2D eigenvalue weighted by Crippen LogP contribution is -1.94. The summed E-state index contributed by atoms with van der Waals surface area (Å²) in [5, 5.41) is 14.5. The van der Waals surface area contributed by atoms with Gasteiger partial charge in [0, 0.05) is 28.6 Å². The molecule has 0 bridgehead atoms. The summed E-state index contributed by atoms with van der Waals surface area (Å²) in [6, 6.07) is 17.2. The Labute approximate surface area is 155 Å². The summed E-state index contributed by atoms with van der Waals surface area (Å²) in [6.07, 6.45) is 1.06. The van der Waals surface area contributed by atoms with Gasteiger partial charge >= 0.3 is 0 Å². The van der Waals surface area contributed by atoms with Crippen LogP contribution in [0.25, 0.3) is 22.2 Å². The number of rotatable bonds is 5. The maximum absolute atomic E-state index is 4.41. The van der Waals surface area contributed by atoms with Crippen molar-refractivity contribution in [1.82, 2.24) is 14.8 Å². The minimum atomic E-state index is 0.886. The van der Waals surface area contributed by atoms with Crippen molar-refractivity contribution in [2.45, 2.75) is 24.3 Å². The molecule has 0 aliphatic carbocycles. The monoisotopic (exact) mass is 365 g/mol. The van der Waals surface area contributed by atoms with Gasteiger partial charge in [0.25, 0.3) is 0 Å². The van der Waals surface area contributed by atoms with Crippen molar-refractivity contribution < 1.29 is 0 Å². The second kappa shape index (κ2) is 7.02. The molecule has 0 atom stereocenters. The summed E-state index contributed by atoms with van der Waals surface area (Å²) in [4.78, 5) is 1.38. The number of benzene rings is 2. The van der Waals surface area contributed by atoms with Crippen molar-refractivity contribution in [3.05, 3.63) is 64.4 Å². The quantitative estimate of drug-likeness (QED) is 0.434. The van der Waals surface area contributed by atoms with Crippen LogP contribution < -0.4 is 0 Å². The first-order valence-corrected chi connectivity index (χ1v) is 10.2. The van der Waals surface area contributed by atoms with E-state index in [9.17, 15) is 0 Å². The summed E-state index contributed by atoms with van der Waals surface area (Å²) in [7, 11) is 2.05. The highest BCUT2D eigenvalue weighted by atomic mass is 32.2. The molecular formula is C20H19N3S2. The molecular weight excluding hydrogens is 346 g/mol. The first-order chi connectivity index (χ1) is 12.3. The maximum atomic E-state index is 4.41. The van der Waals surface area contributed by atoms with Gasteiger partial charge in [-0.05, 0) is 28.8 Å². The Hall–Kier alpha value is -2.11. The largest absolute Gasteiger partial charge is 0.305 e. The van der Waals surface area contributed by atoms with E-state index in [1.165, 1.54) is 21.2 Å². The lowest BCUT2D eigenvalue weighted by molar-refractivity contribution is 0.794. The predicted octanol–water partition coefficient (Wildman–Crippen LogP) is 5.55. The standard InChI is InChI=1S/C20H19N3S2/c1-3-17-11-16(13-24-17)19-21-22-20(23(19)2)25-12-15-9-6-8-14-7-4-5-10-18(14)15/h4-11,13H,3,12H2,1-2H3. The summed E-state index contributed by atoms with van der Waals surface area (Å²) in [5.74, 6) is 1.83.